The number of halogens is 1. The van der Waals surface area contributed by atoms with Crippen molar-refractivity contribution in [3.63, 3.8) is 0 Å². The molecule has 1 aromatic carbocycles. The van der Waals surface area contributed by atoms with Crippen molar-refractivity contribution >= 4 is 21.7 Å². The molecule has 0 saturated heterocycles. The molecule has 0 radical (unpaired) electrons. The first-order valence-electron chi connectivity index (χ1n) is 7.44. The van der Waals surface area contributed by atoms with Crippen molar-refractivity contribution in [1.82, 2.24) is 10.6 Å². The van der Waals surface area contributed by atoms with Crippen molar-refractivity contribution in [1.29, 1.82) is 0 Å². The lowest BCUT2D eigenvalue weighted by Crippen LogP contribution is -2.41. The lowest BCUT2D eigenvalue weighted by Gasteiger charge is -2.14. The third-order valence-electron chi connectivity index (χ3n) is 3.01. The summed E-state index contributed by atoms with van der Waals surface area (Å²) in [5.74, 6) is 0.414. The predicted molar refractivity (Wildman–Crippen MR) is 92.7 cm³/mol. The fourth-order valence-electron chi connectivity index (χ4n) is 1.71. The summed E-state index contributed by atoms with van der Waals surface area (Å²) in [7, 11) is -1.94. The molecular weight excluding hydrogens is 319 g/mol. The molecule has 1 aromatic rings. The zero-order valence-electron chi connectivity index (χ0n) is 14.0. The van der Waals surface area contributed by atoms with E-state index in [0.29, 0.717) is 17.4 Å². The van der Waals surface area contributed by atoms with Crippen molar-refractivity contribution in [3.8, 4) is 0 Å². The van der Waals surface area contributed by atoms with Crippen LogP contribution in [0.4, 0.5) is 10.1 Å². The van der Waals surface area contributed by atoms with Gasteiger partial charge in [-0.2, -0.15) is 0 Å². The van der Waals surface area contributed by atoms with Crippen molar-refractivity contribution in [2.24, 2.45) is 10.9 Å². The van der Waals surface area contributed by atoms with E-state index in [-0.39, 0.29) is 18.0 Å². The third kappa shape index (κ3) is 7.32. The molecule has 1 rings (SSSR count). The summed E-state index contributed by atoms with van der Waals surface area (Å²) in [6, 6.07) is 4.24. The van der Waals surface area contributed by atoms with Gasteiger partial charge in [0.1, 0.15) is 5.82 Å². The Morgan fingerprint density at radius 1 is 1.30 bits per heavy atom. The Morgan fingerprint density at radius 3 is 2.57 bits per heavy atom. The predicted octanol–water partition coefficient (Wildman–Crippen LogP) is 1.70. The molecule has 0 aromatic heterocycles. The summed E-state index contributed by atoms with van der Waals surface area (Å²) in [6.45, 7) is 6.69. The van der Waals surface area contributed by atoms with Gasteiger partial charge in [-0.25, -0.2) is 12.8 Å². The first-order chi connectivity index (χ1) is 10.7. The van der Waals surface area contributed by atoms with E-state index in [1.54, 1.807) is 14.0 Å². The number of nitrogens with zero attached hydrogens (tertiary/aromatic N) is 1. The number of nitrogens with one attached hydrogen (secondary N) is 3. The van der Waals surface area contributed by atoms with Gasteiger partial charge in [0.2, 0.25) is 10.0 Å². The minimum atomic E-state index is -3.56. The minimum absolute atomic E-state index is 0.148. The SMILES string of the molecule is CN=C(NCCS(=O)(=O)Nc1ccc(C)c(F)c1)NCC(C)C. The van der Waals surface area contributed by atoms with Gasteiger partial charge < -0.3 is 10.6 Å². The molecule has 0 fully saturated rings. The number of anilines is 1. The Morgan fingerprint density at radius 2 is 2.00 bits per heavy atom. The second kappa shape index (κ2) is 8.71. The van der Waals surface area contributed by atoms with E-state index < -0.39 is 15.8 Å². The fraction of sp³-hybridized carbons (Fsp3) is 0.533. The number of aryl methyl sites for hydroxylation is 1. The molecule has 0 aliphatic rings. The largest absolute Gasteiger partial charge is 0.356 e. The lowest BCUT2D eigenvalue weighted by molar-refractivity contribution is 0.597. The molecule has 0 spiro atoms. The smallest absolute Gasteiger partial charge is 0.234 e. The molecular formula is C15H25FN4O2S. The van der Waals surface area contributed by atoms with E-state index in [9.17, 15) is 12.8 Å². The van der Waals surface area contributed by atoms with Crippen molar-refractivity contribution in [3.05, 3.63) is 29.6 Å². The summed E-state index contributed by atoms with van der Waals surface area (Å²) >= 11 is 0. The Hall–Kier alpha value is -1.83. The summed E-state index contributed by atoms with van der Waals surface area (Å²) in [5.41, 5.74) is 0.685. The summed E-state index contributed by atoms with van der Waals surface area (Å²) < 4.78 is 39.8. The van der Waals surface area contributed by atoms with Crippen LogP contribution in [0.15, 0.2) is 23.2 Å². The zero-order valence-corrected chi connectivity index (χ0v) is 14.8. The molecule has 0 unspecified atom stereocenters. The standard InChI is InChI=1S/C15H25FN4O2S/c1-11(2)10-19-15(17-4)18-7-8-23(21,22)20-13-6-5-12(3)14(16)9-13/h5-6,9,11,20H,7-8,10H2,1-4H3,(H2,17,18,19). The number of hydrogen-bond acceptors (Lipinski definition) is 3. The van der Waals surface area contributed by atoms with Crippen LogP contribution in [0.2, 0.25) is 0 Å². The maximum Gasteiger partial charge on any atom is 0.234 e. The van der Waals surface area contributed by atoms with Gasteiger partial charge in [-0.05, 0) is 30.5 Å². The highest BCUT2D eigenvalue weighted by Crippen LogP contribution is 2.14. The average molecular weight is 344 g/mol. The molecule has 23 heavy (non-hydrogen) atoms. The van der Waals surface area contributed by atoms with Crippen LogP contribution < -0.4 is 15.4 Å². The quantitative estimate of drug-likeness (QED) is 0.519. The number of aliphatic imine (C=N–C) groups is 1. The maximum atomic E-state index is 13.4. The van der Waals surface area contributed by atoms with E-state index in [1.807, 2.05) is 0 Å². The molecule has 130 valence electrons. The Bertz CT molecular complexity index is 645. The number of hydrogen-bond donors (Lipinski definition) is 3. The van der Waals surface area contributed by atoms with Crippen LogP contribution in [0.25, 0.3) is 0 Å². The van der Waals surface area contributed by atoms with E-state index >= 15 is 0 Å². The van der Waals surface area contributed by atoms with Gasteiger partial charge in [0, 0.05) is 20.1 Å². The van der Waals surface area contributed by atoms with Crippen LogP contribution in [-0.2, 0) is 10.0 Å². The van der Waals surface area contributed by atoms with Gasteiger partial charge in [0.15, 0.2) is 5.96 Å². The second-order valence-electron chi connectivity index (χ2n) is 5.66. The molecule has 6 nitrogen and oxygen atoms in total. The molecule has 0 aliphatic heterocycles. The molecule has 3 N–H and O–H groups in total. The first-order valence-corrected chi connectivity index (χ1v) is 9.10. The molecule has 0 aliphatic carbocycles. The van der Waals surface area contributed by atoms with Crippen LogP contribution in [0.1, 0.15) is 19.4 Å². The monoisotopic (exact) mass is 344 g/mol. The highest BCUT2D eigenvalue weighted by Gasteiger charge is 2.11. The van der Waals surface area contributed by atoms with Gasteiger partial charge in [-0.1, -0.05) is 19.9 Å². The van der Waals surface area contributed by atoms with Crippen molar-refractivity contribution in [2.45, 2.75) is 20.8 Å². The Kier molecular flexibility index (Phi) is 7.28. The normalized spacial score (nSPS) is 12.3. The molecule has 0 heterocycles. The maximum absolute atomic E-state index is 13.4. The molecule has 0 saturated carbocycles. The third-order valence-corrected chi connectivity index (χ3v) is 4.30. The average Bonchev–Trinajstić information content (AvgIpc) is 2.46. The number of sulfonamides is 1. The van der Waals surface area contributed by atoms with Gasteiger partial charge in [0.25, 0.3) is 0 Å². The molecule has 0 atom stereocenters. The summed E-state index contributed by atoms with van der Waals surface area (Å²) in [6.07, 6.45) is 0. The second-order valence-corrected chi connectivity index (χ2v) is 7.50. The van der Waals surface area contributed by atoms with Gasteiger partial charge >= 0.3 is 0 Å². The molecule has 8 heteroatoms. The Balaban J connectivity index is 2.50. The fourth-order valence-corrected chi connectivity index (χ4v) is 2.67. The highest BCUT2D eigenvalue weighted by molar-refractivity contribution is 7.92. The van der Waals surface area contributed by atoms with Crippen LogP contribution in [-0.4, -0.2) is 40.3 Å². The summed E-state index contributed by atoms with van der Waals surface area (Å²) in [5, 5.41) is 6.03. The first kappa shape index (κ1) is 19.2. The van der Waals surface area contributed by atoms with E-state index in [2.05, 4.69) is 34.2 Å². The van der Waals surface area contributed by atoms with Gasteiger partial charge in [-0.15, -0.1) is 0 Å². The minimum Gasteiger partial charge on any atom is -0.356 e. The molecule has 0 bridgehead atoms. The van der Waals surface area contributed by atoms with Crippen LogP contribution >= 0.6 is 0 Å². The van der Waals surface area contributed by atoms with Crippen LogP contribution in [0.3, 0.4) is 0 Å². The Labute approximate surface area is 137 Å². The number of guanidine groups is 1. The van der Waals surface area contributed by atoms with Crippen molar-refractivity contribution < 1.29 is 12.8 Å². The van der Waals surface area contributed by atoms with Gasteiger partial charge in [-0.3, -0.25) is 9.71 Å². The topological polar surface area (TPSA) is 82.6 Å². The van der Waals surface area contributed by atoms with Gasteiger partial charge in [0.05, 0.1) is 11.4 Å². The van der Waals surface area contributed by atoms with E-state index in [0.717, 1.165) is 6.54 Å². The van der Waals surface area contributed by atoms with E-state index in [1.165, 1.54) is 18.2 Å². The lowest BCUT2D eigenvalue weighted by atomic mass is 10.2. The van der Waals surface area contributed by atoms with Crippen LogP contribution in [0, 0.1) is 18.7 Å². The zero-order chi connectivity index (χ0) is 17.5. The molecule has 0 amide bonds. The number of benzene rings is 1. The summed E-state index contributed by atoms with van der Waals surface area (Å²) in [4.78, 5) is 4.01. The van der Waals surface area contributed by atoms with E-state index in [4.69, 9.17) is 0 Å². The van der Waals surface area contributed by atoms with Crippen LogP contribution in [0.5, 0.6) is 0 Å². The van der Waals surface area contributed by atoms with Crippen molar-refractivity contribution in [2.75, 3.05) is 30.6 Å². The number of rotatable bonds is 7. The highest BCUT2D eigenvalue weighted by atomic mass is 32.2.